The van der Waals surface area contributed by atoms with Crippen molar-refractivity contribution in [3.05, 3.63) is 35.4 Å². The summed E-state index contributed by atoms with van der Waals surface area (Å²) in [5.41, 5.74) is 2.77. The number of nitrogens with one attached hydrogen (secondary N) is 1. The van der Waals surface area contributed by atoms with Crippen molar-refractivity contribution in [3.8, 4) is 0 Å². The van der Waals surface area contributed by atoms with Crippen LogP contribution in [0, 0.1) is 16.7 Å². The number of carboxylic acids is 1. The summed E-state index contributed by atoms with van der Waals surface area (Å²) < 4.78 is 0. The lowest BCUT2D eigenvalue weighted by Gasteiger charge is -2.10. The van der Waals surface area contributed by atoms with E-state index < -0.39 is 5.97 Å². The van der Waals surface area contributed by atoms with Crippen LogP contribution in [0.3, 0.4) is 0 Å². The minimum absolute atomic E-state index is 0.0955. The van der Waals surface area contributed by atoms with Crippen LogP contribution in [0.15, 0.2) is 24.3 Å². The van der Waals surface area contributed by atoms with Gasteiger partial charge < -0.3 is 10.4 Å². The highest BCUT2D eigenvalue weighted by Gasteiger charge is 2.63. The zero-order valence-corrected chi connectivity index (χ0v) is 12.9. The fourth-order valence-corrected chi connectivity index (χ4v) is 3.26. The molecule has 0 amide bonds. The summed E-state index contributed by atoms with van der Waals surface area (Å²) in [6, 6.07) is 7.77. The average molecular weight is 275 g/mol. The highest BCUT2D eigenvalue weighted by molar-refractivity contribution is 5.70. The van der Waals surface area contributed by atoms with E-state index in [1.807, 2.05) is 24.3 Å². The third-order valence-corrected chi connectivity index (χ3v) is 5.44. The molecular weight excluding hydrogens is 250 g/mol. The Morgan fingerprint density at radius 1 is 1.15 bits per heavy atom. The summed E-state index contributed by atoms with van der Waals surface area (Å²) >= 11 is 0. The van der Waals surface area contributed by atoms with Gasteiger partial charge in [0.1, 0.15) is 0 Å². The van der Waals surface area contributed by atoms with Crippen molar-refractivity contribution in [1.82, 2.24) is 5.32 Å². The molecule has 0 aliphatic heterocycles. The number of benzene rings is 1. The Labute approximate surface area is 121 Å². The van der Waals surface area contributed by atoms with Crippen molar-refractivity contribution in [2.75, 3.05) is 6.54 Å². The number of hydrogen-bond acceptors (Lipinski definition) is 2. The second kappa shape index (κ2) is 5.21. The van der Waals surface area contributed by atoms with Crippen LogP contribution in [-0.4, -0.2) is 17.6 Å². The van der Waals surface area contributed by atoms with Crippen LogP contribution in [0.2, 0.25) is 0 Å². The van der Waals surface area contributed by atoms with E-state index in [1.54, 1.807) is 0 Å². The fraction of sp³-hybridized carbons (Fsp3) is 0.588. The van der Waals surface area contributed by atoms with Gasteiger partial charge in [0, 0.05) is 6.54 Å². The molecule has 3 heteroatoms. The first-order valence-corrected chi connectivity index (χ1v) is 7.26. The van der Waals surface area contributed by atoms with Crippen LogP contribution in [0.5, 0.6) is 0 Å². The van der Waals surface area contributed by atoms with E-state index in [2.05, 4.69) is 33.0 Å². The Hall–Kier alpha value is -1.35. The smallest absolute Gasteiger partial charge is 0.307 e. The second-order valence-electron chi connectivity index (χ2n) is 6.97. The number of carbonyl (C=O) groups is 1. The molecular formula is C17H25NO2. The van der Waals surface area contributed by atoms with Gasteiger partial charge in [0.25, 0.3) is 0 Å². The van der Waals surface area contributed by atoms with Gasteiger partial charge in [0.2, 0.25) is 0 Å². The van der Waals surface area contributed by atoms with Gasteiger partial charge >= 0.3 is 5.97 Å². The van der Waals surface area contributed by atoms with E-state index in [0.717, 1.165) is 24.2 Å². The van der Waals surface area contributed by atoms with Gasteiger partial charge in [-0.15, -0.1) is 0 Å². The fourth-order valence-electron chi connectivity index (χ4n) is 3.26. The Bertz CT molecular complexity index is 491. The van der Waals surface area contributed by atoms with E-state index in [0.29, 0.717) is 16.7 Å². The summed E-state index contributed by atoms with van der Waals surface area (Å²) in [6.07, 6.45) is 0.0955. The van der Waals surface area contributed by atoms with Gasteiger partial charge in [-0.3, -0.25) is 4.79 Å². The summed E-state index contributed by atoms with van der Waals surface area (Å²) in [4.78, 5) is 10.9. The van der Waals surface area contributed by atoms with Crippen LogP contribution in [0.4, 0.5) is 0 Å². The first kappa shape index (κ1) is 15.0. The molecule has 0 unspecified atom stereocenters. The van der Waals surface area contributed by atoms with Gasteiger partial charge in [-0.2, -0.15) is 0 Å². The average Bonchev–Trinajstić information content (AvgIpc) is 2.73. The van der Waals surface area contributed by atoms with Crippen molar-refractivity contribution < 1.29 is 9.90 Å². The zero-order chi connectivity index (χ0) is 15.0. The molecule has 3 nitrogen and oxygen atoms in total. The van der Waals surface area contributed by atoms with Crippen molar-refractivity contribution in [2.45, 2.75) is 40.7 Å². The zero-order valence-electron chi connectivity index (χ0n) is 12.9. The molecule has 0 atom stereocenters. The maximum Gasteiger partial charge on any atom is 0.307 e. The highest BCUT2D eigenvalue weighted by atomic mass is 16.4. The summed E-state index contributed by atoms with van der Waals surface area (Å²) in [7, 11) is 0. The van der Waals surface area contributed by atoms with E-state index >= 15 is 0 Å². The molecule has 2 rings (SSSR count). The molecule has 0 spiro atoms. The predicted molar refractivity (Wildman–Crippen MR) is 80.5 cm³/mol. The van der Waals surface area contributed by atoms with Crippen molar-refractivity contribution in [1.29, 1.82) is 0 Å². The van der Waals surface area contributed by atoms with Gasteiger partial charge in [0.15, 0.2) is 0 Å². The molecule has 0 aromatic heterocycles. The molecule has 20 heavy (non-hydrogen) atoms. The molecule has 0 saturated heterocycles. The number of hydrogen-bond donors (Lipinski definition) is 2. The van der Waals surface area contributed by atoms with Crippen LogP contribution in [-0.2, 0) is 17.8 Å². The first-order chi connectivity index (χ1) is 9.26. The Morgan fingerprint density at radius 2 is 1.70 bits per heavy atom. The molecule has 1 aromatic rings. The maximum atomic E-state index is 10.9. The lowest BCUT2D eigenvalue weighted by atomic mass is 10.0. The number of rotatable bonds is 6. The third-order valence-electron chi connectivity index (χ3n) is 5.44. The normalized spacial score (nSPS) is 19.8. The molecule has 1 aromatic carbocycles. The standard InChI is InChI=1S/C17H25NO2/c1-16(2)14(17(16,3)4)11-18-10-13-8-6-5-7-12(13)9-15(19)20/h5-8,14,18H,9-11H2,1-4H3,(H,19,20). The van der Waals surface area contributed by atoms with Gasteiger partial charge in [-0.05, 0) is 34.4 Å². The van der Waals surface area contributed by atoms with Gasteiger partial charge in [-0.25, -0.2) is 0 Å². The van der Waals surface area contributed by atoms with Crippen LogP contribution < -0.4 is 5.32 Å². The van der Waals surface area contributed by atoms with E-state index in [1.165, 1.54) is 0 Å². The van der Waals surface area contributed by atoms with Crippen molar-refractivity contribution in [2.24, 2.45) is 16.7 Å². The second-order valence-corrected chi connectivity index (χ2v) is 6.97. The highest BCUT2D eigenvalue weighted by Crippen LogP contribution is 2.67. The Morgan fingerprint density at radius 3 is 2.20 bits per heavy atom. The third kappa shape index (κ3) is 2.73. The largest absolute Gasteiger partial charge is 0.481 e. The lowest BCUT2D eigenvalue weighted by molar-refractivity contribution is -0.136. The van der Waals surface area contributed by atoms with Gasteiger partial charge in [-0.1, -0.05) is 52.0 Å². The van der Waals surface area contributed by atoms with Crippen LogP contribution in [0.1, 0.15) is 38.8 Å². The van der Waals surface area contributed by atoms with Crippen LogP contribution in [0.25, 0.3) is 0 Å². The van der Waals surface area contributed by atoms with Crippen molar-refractivity contribution in [3.63, 3.8) is 0 Å². The minimum Gasteiger partial charge on any atom is -0.481 e. The molecule has 0 bridgehead atoms. The number of aliphatic carboxylic acids is 1. The van der Waals surface area contributed by atoms with Crippen LogP contribution >= 0.6 is 0 Å². The summed E-state index contributed by atoms with van der Waals surface area (Å²) in [5.74, 6) is -0.0939. The molecule has 1 saturated carbocycles. The monoisotopic (exact) mass is 275 g/mol. The van der Waals surface area contributed by atoms with E-state index in [9.17, 15) is 4.79 Å². The molecule has 1 aliphatic rings. The topological polar surface area (TPSA) is 49.3 Å². The Kier molecular flexibility index (Phi) is 3.92. The summed E-state index contributed by atoms with van der Waals surface area (Å²) in [6.45, 7) is 11.0. The SMILES string of the molecule is CC1(C)C(CNCc2ccccc2CC(=O)O)C1(C)C. The quantitative estimate of drug-likeness (QED) is 0.839. The predicted octanol–water partition coefficient (Wildman–Crippen LogP) is 3.09. The lowest BCUT2D eigenvalue weighted by Crippen LogP contribution is -2.20. The maximum absolute atomic E-state index is 10.9. The molecule has 1 fully saturated rings. The number of carboxylic acid groups (broad SMARTS) is 1. The molecule has 2 N–H and O–H groups in total. The summed E-state index contributed by atoms with van der Waals surface area (Å²) in [5, 5.41) is 12.4. The first-order valence-electron chi connectivity index (χ1n) is 7.26. The minimum atomic E-state index is -0.776. The molecule has 0 heterocycles. The van der Waals surface area contributed by atoms with E-state index in [-0.39, 0.29) is 6.42 Å². The molecule has 1 aliphatic carbocycles. The van der Waals surface area contributed by atoms with Gasteiger partial charge in [0.05, 0.1) is 6.42 Å². The Balaban J connectivity index is 1.91. The molecule has 0 radical (unpaired) electrons. The van der Waals surface area contributed by atoms with E-state index in [4.69, 9.17) is 5.11 Å². The molecule has 110 valence electrons. The van der Waals surface area contributed by atoms with Crippen molar-refractivity contribution >= 4 is 5.97 Å².